The van der Waals surface area contributed by atoms with Crippen LogP contribution in [0.1, 0.15) is 12.8 Å². The smallest absolute Gasteiger partial charge is 0.308 e. The van der Waals surface area contributed by atoms with Crippen LogP contribution in [0.4, 0.5) is 5.69 Å². The monoisotopic (exact) mass is 351 g/mol. The molecule has 1 aliphatic rings. The van der Waals surface area contributed by atoms with Gasteiger partial charge in [-0.2, -0.15) is 0 Å². The zero-order valence-electron chi connectivity index (χ0n) is 8.41. The van der Waals surface area contributed by atoms with E-state index in [1.807, 2.05) is 18.2 Å². The van der Waals surface area contributed by atoms with E-state index in [4.69, 9.17) is 16.7 Å². The minimum Gasteiger partial charge on any atom is -0.481 e. The van der Waals surface area contributed by atoms with Gasteiger partial charge in [-0.05, 0) is 53.6 Å². The van der Waals surface area contributed by atoms with Crippen LogP contribution in [0.25, 0.3) is 0 Å². The molecule has 0 spiro atoms. The van der Waals surface area contributed by atoms with Gasteiger partial charge in [0.05, 0.1) is 16.6 Å². The maximum atomic E-state index is 10.8. The van der Waals surface area contributed by atoms with E-state index in [1.54, 1.807) is 0 Å². The number of halogens is 2. The highest BCUT2D eigenvalue weighted by Gasteiger charge is 2.36. The average molecular weight is 352 g/mol. The molecule has 0 aromatic heterocycles. The van der Waals surface area contributed by atoms with Crippen LogP contribution in [0.3, 0.4) is 0 Å². The van der Waals surface area contributed by atoms with E-state index in [0.29, 0.717) is 5.02 Å². The minimum atomic E-state index is -0.731. The van der Waals surface area contributed by atoms with Gasteiger partial charge >= 0.3 is 5.97 Å². The largest absolute Gasteiger partial charge is 0.481 e. The van der Waals surface area contributed by atoms with Crippen LogP contribution in [0.2, 0.25) is 5.02 Å². The Morgan fingerprint density at radius 2 is 2.25 bits per heavy atom. The second-order valence-corrected chi connectivity index (χ2v) is 5.55. The Morgan fingerprint density at radius 3 is 2.75 bits per heavy atom. The summed E-state index contributed by atoms with van der Waals surface area (Å²) in [6.45, 7) is 0. The van der Waals surface area contributed by atoms with Crippen molar-refractivity contribution in [2.45, 2.75) is 18.9 Å². The van der Waals surface area contributed by atoms with Crippen molar-refractivity contribution < 1.29 is 9.90 Å². The molecular formula is C11H11ClINO2. The van der Waals surface area contributed by atoms with Crippen LogP contribution in [-0.4, -0.2) is 17.1 Å². The van der Waals surface area contributed by atoms with Gasteiger partial charge in [0.25, 0.3) is 0 Å². The lowest BCUT2D eigenvalue weighted by atomic mass is 9.79. The highest BCUT2D eigenvalue weighted by molar-refractivity contribution is 14.1. The first-order valence-corrected chi connectivity index (χ1v) is 6.48. The summed E-state index contributed by atoms with van der Waals surface area (Å²) in [5.41, 5.74) is 0.818. The normalized spacial score (nSPS) is 23.6. The molecule has 2 unspecified atom stereocenters. The fourth-order valence-corrected chi connectivity index (χ4v) is 2.68. The number of rotatable bonds is 3. The summed E-state index contributed by atoms with van der Waals surface area (Å²) in [5, 5.41) is 12.8. The minimum absolute atomic E-state index is 0.00932. The molecule has 1 aromatic carbocycles. The molecule has 2 atom stereocenters. The summed E-state index contributed by atoms with van der Waals surface area (Å²) in [6.07, 6.45) is 1.63. The van der Waals surface area contributed by atoms with Crippen molar-refractivity contribution in [1.29, 1.82) is 0 Å². The Morgan fingerprint density at radius 1 is 1.50 bits per heavy atom. The van der Waals surface area contributed by atoms with Crippen LogP contribution in [-0.2, 0) is 4.79 Å². The molecule has 16 heavy (non-hydrogen) atoms. The number of benzene rings is 1. The van der Waals surface area contributed by atoms with Gasteiger partial charge in [0.2, 0.25) is 0 Å². The van der Waals surface area contributed by atoms with Crippen LogP contribution in [0.15, 0.2) is 18.2 Å². The standard InChI is InChI=1S/C11H11ClINO2/c12-8-5-6(13)1-3-10(8)14-9-4-2-7(9)11(15)16/h1,3,5,7,9,14H,2,4H2,(H,15,16). The first-order valence-electron chi connectivity index (χ1n) is 5.02. The van der Waals surface area contributed by atoms with Gasteiger partial charge in [0.1, 0.15) is 0 Å². The van der Waals surface area contributed by atoms with Crippen LogP contribution >= 0.6 is 34.2 Å². The van der Waals surface area contributed by atoms with Crippen molar-refractivity contribution in [1.82, 2.24) is 0 Å². The number of anilines is 1. The number of carbonyl (C=O) groups is 1. The Bertz CT molecular complexity index is 424. The first-order chi connectivity index (χ1) is 7.58. The number of hydrogen-bond donors (Lipinski definition) is 2. The molecule has 2 rings (SSSR count). The Labute approximate surface area is 112 Å². The van der Waals surface area contributed by atoms with Crippen molar-refractivity contribution >= 4 is 45.8 Å². The zero-order chi connectivity index (χ0) is 11.7. The molecule has 1 saturated carbocycles. The molecule has 86 valence electrons. The molecule has 0 bridgehead atoms. The molecule has 0 heterocycles. The topological polar surface area (TPSA) is 49.3 Å². The fraction of sp³-hybridized carbons (Fsp3) is 0.364. The lowest BCUT2D eigenvalue weighted by Crippen LogP contribution is -2.43. The maximum Gasteiger partial charge on any atom is 0.308 e. The average Bonchev–Trinajstić information content (AvgIpc) is 2.13. The van der Waals surface area contributed by atoms with E-state index in [9.17, 15) is 4.79 Å². The molecule has 1 aliphatic carbocycles. The van der Waals surface area contributed by atoms with Gasteiger partial charge in [0.15, 0.2) is 0 Å². The number of carboxylic acids is 1. The van der Waals surface area contributed by atoms with Crippen molar-refractivity contribution in [3.05, 3.63) is 26.8 Å². The van der Waals surface area contributed by atoms with Crippen LogP contribution in [0, 0.1) is 9.49 Å². The Kier molecular flexibility index (Phi) is 3.59. The quantitative estimate of drug-likeness (QED) is 0.822. The van der Waals surface area contributed by atoms with E-state index in [2.05, 4.69) is 27.9 Å². The lowest BCUT2D eigenvalue weighted by molar-refractivity contribution is -0.144. The summed E-state index contributed by atoms with van der Waals surface area (Å²) in [4.78, 5) is 10.8. The highest BCUT2D eigenvalue weighted by atomic mass is 127. The second-order valence-electron chi connectivity index (χ2n) is 3.90. The fourth-order valence-electron chi connectivity index (χ4n) is 1.77. The second kappa shape index (κ2) is 4.79. The third-order valence-corrected chi connectivity index (χ3v) is 3.85. The van der Waals surface area contributed by atoms with Gasteiger partial charge in [-0.1, -0.05) is 11.6 Å². The summed E-state index contributed by atoms with van der Waals surface area (Å²) in [6, 6.07) is 5.71. The Hall–Kier alpha value is -0.490. The molecule has 0 aliphatic heterocycles. The molecular weight excluding hydrogens is 340 g/mol. The third kappa shape index (κ3) is 2.43. The van der Waals surface area contributed by atoms with Crippen LogP contribution < -0.4 is 5.32 Å². The highest BCUT2D eigenvalue weighted by Crippen LogP contribution is 2.33. The predicted molar refractivity (Wildman–Crippen MR) is 71.9 cm³/mol. The summed E-state index contributed by atoms with van der Waals surface area (Å²) < 4.78 is 1.07. The molecule has 0 radical (unpaired) electrons. The molecule has 0 saturated heterocycles. The van der Waals surface area contributed by atoms with Gasteiger partial charge in [-0.15, -0.1) is 0 Å². The third-order valence-electron chi connectivity index (χ3n) is 2.86. The molecule has 5 heteroatoms. The molecule has 2 N–H and O–H groups in total. The van der Waals surface area contributed by atoms with Gasteiger partial charge in [-0.3, -0.25) is 4.79 Å². The van der Waals surface area contributed by atoms with E-state index >= 15 is 0 Å². The van der Waals surface area contributed by atoms with E-state index < -0.39 is 5.97 Å². The molecule has 1 aromatic rings. The lowest BCUT2D eigenvalue weighted by Gasteiger charge is -2.34. The number of aliphatic carboxylic acids is 1. The molecule has 3 nitrogen and oxygen atoms in total. The summed E-state index contributed by atoms with van der Waals surface area (Å²) >= 11 is 8.25. The Balaban J connectivity index is 2.07. The number of nitrogens with one attached hydrogen (secondary N) is 1. The van der Waals surface area contributed by atoms with Crippen molar-refractivity contribution in [3.8, 4) is 0 Å². The van der Waals surface area contributed by atoms with Crippen molar-refractivity contribution in [3.63, 3.8) is 0 Å². The zero-order valence-corrected chi connectivity index (χ0v) is 11.3. The van der Waals surface area contributed by atoms with E-state index in [0.717, 1.165) is 22.1 Å². The van der Waals surface area contributed by atoms with E-state index in [1.165, 1.54) is 0 Å². The van der Waals surface area contributed by atoms with Gasteiger partial charge < -0.3 is 10.4 Å². The summed E-state index contributed by atoms with van der Waals surface area (Å²) in [7, 11) is 0. The number of carboxylic acid groups (broad SMARTS) is 1. The number of hydrogen-bond acceptors (Lipinski definition) is 2. The predicted octanol–water partition coefficient (Wildman–Crippen LogP) is 3.22. The summed E-state index contributed by atoms with van der Waals surface area (Å²) in [5.74, 6) is -1.01. The van der Waals surface area contributed by atoms with Crippen molar-refractivity contribution in [2.75, 3.05) is 5.32 Å². The molecule has 1 fully saturated rings. The van der Waals surface area contributed by atoms with Gasteiger partial charge in [-0.25, -0.2) is 0 Å². The maximum absolute atomic E-state index is 10.8. The van der Waals surface area contributed by atoms with Gasteiger partial charge in [0, 0.05) is 9.61 Å². The van der Waals surface area contributed by atoms with Crippen LogP contribution in [0.5, 0.6) is 0 Å². The first kappa shape index (κ1) is 12.0. The van der Waals surface area contributed by atoms with Crippen molar-refractivity contribution in [2.24, 2.45) is 5.92 Å². The SMILES string of the molecule is O=C(O)C1CCC1Nc1ccc(I)cc1Cl. The molecule has 0 amide bonds. The van der Waals surface area contributed by atoms with E-state index in [-0.39, 0.29) is 12.0 Å².